The van der Waals surface area contributed by atoms with E-state index in [0.29, 0.717) is 17.0 Å². The molecule has 1 aromatic heterocycles. The molecule has 2 aromatic rings. The smallest absolute Gasteiger partial charge is 0.350 e. The van der Waals surface area contributed by atoms with E-state index in [0.717, 1.165) is 22.5 Å². The molecule has 3 amide bonds. The maximum Gasteiger partial charge on any atom is 0.350 e. The minimum Gasteiger partial charge on any atom is -0.451 e. The van der Waals surface area contributed by atoms with Crippen molar-refractivity contribution in [1.82, 2.24) is 10.6 Å². The average molecular weight is 389 g/mol. The van der Waals surface area contributed by atoms with Gasteiger partial charge < -0.3 is 10.1 Å². The number of fused-ring (bicyclic) bond motifs is 1. The van der Waals surface area contributed by atoms with E-state index in [2.05, 4.69) is 10.6 Å². The quantitative estimate of drug-likeness (QED) is 0.766. The molecule has 0 aliphatic heterocycles. The van der Waals surface area contributed by atoms with Gasteiger partial charge in [-0.2, -0.15) is 0 Å². The zero-order valence-corrected chi connectivity index (χ0v) is 15.0. The maximum atomic E-state index is 12.1. The lowest BCUT2D eigenvalue weighted by atomic mass is 10.2. The van der Waals surface area contributed by atoms with Crippen LogP contribution in [-0.4, -0.2) is 31.1 Å². The van der Waals surface area contributed by atoms with Crippen molar-refractivity contribution in [3.8, 4) is 0 Å². The first kappa shape index (κ1) is 18.5. The number of urea groups is 1. The first-order valence-corrected chi connectivity index (χ1v) is 8.62. The molecule has 0 unspecified atom stereocenters. The van der Waals surface area contributed by atoms with Crippen molar-refractivity contribution in [2.75, 3.05) is 13.2 Å². The van der Waals surface area contributed by atoms with Crippen LogP contribution in [0.1, 0.15) is 23.0 Å². The largest absolute Gasteiger partial charge is 0.451 e. The maximum absolute atomic E-state index is 12.1. The van der Waals surface area contributed by atoms with Crippen LogP contribution in [0.25, 0.3) is 10.1 Å². The molecule has 0 fully saturated rings. The van der Waals surface area contributed by atoms with Gasteiger partial charge in [-0.15, -0.1) is 11.3 Å². The highest BCUT2D eigenvalue weighted by molar-refractivity contribution is 7.21. The lowest BCUT2D eigenvalue weighted by Gasteiger charge is -2.06. The lowest BCUT2D eigenvalue weighted by molar-refractivity contribution is -0.123. The second-order valence-electron chi connectivity index (χ2n) is 4.77. The standard InChI is InChI=1S/C15H14Cl2N2O4S/c1-2-5-18-15(22)19-11(20)7-23-14(21)13-12(17)9-4-3-8(16)6-10(9)24-13/h3-4,6H,2,5,7H2,1H3,(H2,18,19,20,22). The molecular weight excluding hydrogens is 375 g/mol. The third kappa shape index (κ3) is 4.59. The summed E-state index contributed by atoms with van der Waals surface area (Å²) < 4.78 is 5.64. The van der Waals surface area contributed by atoms with E-state index >= 15 is 0 Å². The Hall–Kier alpha value is -1.83. The normalized spacial score (nSPS) is 10.5. The number of hydrogen-bond acceptors (Lipinski definition) is 5. The molecule has 0 saturated heterocycles. The summed E-state index contributed by atoms with van der Waals surface area (Å²) in [6.07, 6.45) is 0.741. The van der Waals surface area contributed by atoms with Crippen molar-refractivity contribution in [2.24, 2.45) is 0 Å². The molecule has 0 radical (unpaired) electrons. The van der Waals surface area contributed by atoms with Crippen molar-refractivity contribution in [3.05, 3.63) is 33.1 Å². The van der Waals surface area contributed by atoms with Crippen LogP contribution in [0.2, 0.25) is 10.0 Å². The summed E-state index contributed by atoms with van der Waals surface area (Å²) in [5, 5.41) is 5.98. The number of amides is 3. The first-order valence-electron chi connectivity index (χ1n) is 7.04. The van der Waals surface area contributed by atoms with Crippen LogP contribution >= 0.6 is 34.5 Å². The molecule has 2 N–H and O–H groups in total. The Kier molecular flexibility index (Phi) is 6.42. The molecule has 24 heavy (non-hydrogen) atoms. The highest BCUT2D eigenvalue weighted by Crippen LogP contribution is 2.37. The van der Waals surface area contributed by atoms with Crippen LogP contribution in [0.5, 0.6) is 0 Å². The Morgan fingerprint density at radius 1 is 1.25 bits per heavy atom. The number of thiophene rings is 1. The second kappa shape index (κ2) is 8.32. The van der Waals surface area contributed by atoms with Crippen molar-refractivity contribution in [2.45, 2.75) is 13.3 Å². The molecule has 1 heterocycles. The summed E-state index contributed by atoms with van der Waals surface area (Å²) in [6.45, 7) is 1.74. The van der Waals surface area contributed by atoms with Crippen molar-refractivity contribution in [3.63, 3.8) is 0 Å². The third-order valence-electron chi connectivity index (χ3n) is 2.90. The topological polar surface area (TPSA) is 84.5 Å². The average Bonchev–Trinajstić information content (AvgIpc) is 2.86. The van der Waals surface area contributed by atoms with E-state index in [4.69, 9.17) is 27.9 Å². The number of rotatable bonds is 5. The molecule has 1 aromatic carbocycles. The predicted octanol–water partition coefficient (Wildman–Crippen LogP) is 3.60. The summed E-state index contributed by atoms with van der Waals surface area (Å²) in [6, 6.07) is 4.43. The molecular formula is C15H14Cl2N2O4S. The fourth-order valence-corrected chi connectivity index (χ4v) is 3.49. The molecule has 0 bridgehead atoms. The Labute approximate surface area is 152 Å². The molecule has 9 heteroatoms. The molecule has 0 aliphatic carbocycles. The number of nitrogens with one attached hydrogen (secondary N) is 2. The van der Waals surface area contributed by atoms with Gasteiger partial charge in [0.2, 0.25) is 0 Å². The van der Waals surface area contributed by atoms with Gasteiger partial charge >= 0.3 is 12.0 Å². The number of esters is 1. The fourth-order valence-electron chi connectivity index (χ4n) is 1.81. The van der Waals surface area contributed by atoms with Crippen LogP contribution < -0.4 is 10.6 Å². The minimum absolute atomic E-state index is 0.178. The summed E-state index contributed by atoms with van der Waals surface area (Å²) in [5.74, 6) is -1.46. The molecule has 6 nitrogen and oxygen atoms in total. The third-order valence-corrected chi connectivity index (χ3v) is 4.77. The summed E-state index contributed by atoms with van der Waals surface area (Å²) in [4.78, 5) is 35.1. The van der Waals surface area contributed by atoms with Crippen molar-refractivity contribution >= 4 is 62.5 Å². The zero-order valence-electron chi connectivity index (χ0n) is 12.7. The highest BCUT2D eigenvalue weighted by Gasteiger charge is 2.20. The van der Waals surface area contributed by atoms with E-state index in [9.17, 15) is 14.4 Å². The SMILES string of the molecule is CCCNC(=O)NC(=O)COC(=O)c1sc2cc(Cl)ccc2c1Cl. The summed E-state index contributed by atoms with van der Waals surface area (Å²) in [5.41, 5.74) is 0. The molecule has 128 valence electrons. The molecule has 0 spiro atoms. The van der Waals surface area contributed by atoms with E-state index in [1.165, 1.54) is 0 Å². The number of hydrogen-bond donors (Lipinski definition) is 2. The van der Waals surface area contributed by atoms with Gasteiger partial charge in [0.05, 0.1) is 5.02 Å². The predicted molar refractivity (Wildman–Crippen MR) is 94.0 cm³/mol. The van der Waals surface area contributed by atoms with Gasteiger partial charge in [0, 0.05) is 21.7 Å². The van der Waals surface area contributed by atoms with Gasteiger partial charge in [-0.25, -0.2) is 9.59 Å². The van der Waals surface area contributed by atoms with Gasteiger partial charge in [-0.3, -0.25) is 10.1 Å². The number of ether oxygens (including phenoxy) is 1. The van der Waals surface area contributed by atoms with Crippen molar-refractivity contribution < 1.29 is 19.1 Å². The van der Waals surface area contributed by atoms with Crippen molar-refractivity contribution in [1.29, 1.82) is 0 Å². The molecule has 2 rings (SSSR count). The van der Waals surface area contributed by atoms with Gasteiger partial charge in [0.25, 0.3) is 5.91 Å². The van der Waals surface area contributed by atoms with Crippen LogP contribution in [0.15, 0.2) is 18.2 Å². The Morgan fingerprint density at radius 3 is 2.71 bits per heavy atom. The summed E-state index contributed by atoms with van der Waals surface area (Å²) >= 11 is 13.2. The Morgan fingerprint density at radius 2 is 2.00 bits per heavy atom. The van der Waals surface area contributed by atoms with Crippen LogP contribution in [0, 0.1) is 0 Å². The van der Waals surface area contributed by atoms with Crippen LogP contribution in [0.3, 0.4) is 0 Å². The number of carbonyl (C=O) groups is 3. The van der Waals surface area contributed by atoms with E-state index < -0.39 is 24.5 Å². The van der Waals surface area contributed by atoms with Crippen LogP contribution in [-0.2, 0) is 9.53 Å². The van der Waals surface area contributed by atoms with Gasteiger partial charge in [0.1, 0.15) is 4.88 Å². The van der Waals surface area contributed by atoms with E-state index in [-0.39, 0.29) is 9.90 Å². The van der Waals surface area contributed by atoms with E-state index in [1.54, 1.807) is 18.2 Å². The van der Waals surface area contributed by atoms with E-state index in [1.807, 2.05) is 6.92 Å². The number of benzene rings is 1. The highest BCUT2D eigenvalue weighted by atomic mass is 35.5. The second-order valence-corrected chi connectivity index (χ2v) is 6.63. The van der Waals surface area contributed by atoms with Gasteiger partial charge in [0.15, 0.2) is 6.61 Å². The Balaban J connectivity index is 1.96. The Bertz CT molecular complexity index is 791. The van der Waals surface area contributed by atoms with Gasteiger partial charge in [-0.1, -0.05) is 36.2 Å². The number of carbonyl (C=O) groups excluding carboxylic acids is 3. The summed E-state index contributed by atoms with van der Waals surface area (Å²) in [7, 11) is 0. The lowest BCUT2D eigenvalue weighted by Crippen LogP contribution is -2.41. The molecule has 0 aliphatic rings. The minimum atomic E-state index is -0.735. The molecule has 0 saturated carbocycles. The number of imide groups is 1. The van der Waals surface area contributed by atoms with Gasteiger partial charge in [-0.05, 0) is 18.6 Å². The fraction of sp³-hybridized carbons (Fsp3) is 0.267. The van der Waals surface area contributed by atoms with Crippen LogP contribution in [0.4, 0.5) is 4.79 Å². The monoisotopic (exact) mass is 388 g/mol. The number of halogens is 2. The molecule has 0 atom stereocenters. The first-order chi connectivity index (χ1) is 11.4. The zero-order chi connectivity index (χ0) is 17.7.